The van der Waals surface area contributed by atoms with Gasteiger partial charge in [-0.1, -0.05) is 72.0 Å². The van der Waals surface area contributed by atoms with Crippen molar-refractivity contribution in [3.8, 4) is 33.6 Å². The first-order chi connectivity index (χ1) is 21.9. The zero-order valence-electron chi connectivity index (χ0n) is 26.1. The van der Waals surface area contributed by atoms with Crippen LogP contribution in [-0.4, -0.2) is 15.0 Å². The molecule has 8 rings (SSSR count). The van der Waals surface area contributed by atoms with Gasteiger partial charge in [0.1, 0.15) is 0 Å². The topological polar surface area (TPSA) is 51.8 Å². The minimum atomic E-state index is 0. The van der Waals surface area contributed by atoms with Crippen LogP contribution in [0.15, 0.2) is 120 Å². The van der Waals surface area contributed by atoms with E-state index in [1.165, 1.54) is 27.5 Å². The van der Waals surface area contributed by atoms with Gasteiger partial charge in [0.2, 0.25) is 5.71 Å². The predicted octanol–water partition coefficient (Wildman–Crippen LogP) is 10.4. The minimum absolute atomic E-state index is 0. The maximum Gasteiger partial charge on any atom is 0.216 e. The Morgan fingerprint density at radius 2 is 1.39 bits per heavy atom. The molecule has 8 aromatic rings. The van der Waals surface area contributed by atoms with Gasteiger partial charge < -0.3 is 14.4 Å². The molecule has 0 aliphatic rings. The zero-order chi connectivity index (χ0) is 30.9. The first kappa shape index (κ1) is 31.0. The molecule has 4 aromatic carbocycles. The van der Waals surface area contributed by atoms with Crippen LogP contribution in [0.25, 0.3) is 66.5 Å². The molecule has 0 bridgehead atoms. The molecule has 0 amide bonds. The molecular formula is C41H31IrN3O-2. The fourth-order valence-electron chi connectivity index (χ4n) is 5.49. The van der Waals surface area contributed by atoms with Crippen molar-refractivity contribution in [2.45, 2.75) is 27.7 Å². The number of fused-ring (bicyclic) bond motifs is 4. The minimum Gasteiger partial charge on any atom is -0.486 e. The summed E-state index contributed by atoms with van der Waals surface area (Å²) in [6, 6.07) is 42.0. The van der Waals surface area contributed by atoms with Gasteiger partial charge in [0.15, 0.2) is 0 Å². The van der Waals surface area contributed by atoms with E-state index in [4.69, 9.17) is 4.42 Å². The van der Waals surface area contributed by atoms with Gasteiger partial charge in [-0.25, -0.2) is 4.98 Å². The summed E-state index contributed by atoms with van der Waals surface area (Å²) in [6.45, 7) is 8.18. The molecule has 0 spiro atoms. The fraction of sp³-hybridized carbons (Fsp3) is 0.0976. The average Bonchev–Trinajstić information content (AvgIpc) is 3.43. The van der Waals surface area contributed by atoms with E-state index in [2.05, 4.69) is 102 Å². The van der Waals surface area contributed by atoms with E-state index in [0.717, 1.165) is 55.7 Å². The number of furan rings is 1. The molecule has 1 radical (unpaired) electrons. The summed E-state index contributed by atoms with van der Waals surface area (Å²) < 4.78 is 6.15. The molecule has 0 aliphatic carbocycles. The Morgan fingerprint density at radius 3 is 2.20 bits per heavy atom. The smallest absolute Gasteiger partial charge is 0.216 e. The molecule has 0 saturated heterocycles. The Bertz CT molecular complexity index is 2260. The van der Waals surface area contributed by atoms with E-state index in [1.54, 1.807) is 0 Å². The van der Waals surface area contributed by atoms with Crippen LogP contribution in [-0.2, 0) is 20.1 Å². The van der Waals surface area contributed by atoms with Crippen LogP contribution in [0.5, 0.6) is 0 Å². The first-order valence-electron chi connectivity index (χ1n) is 15.0. The molecule has 4 nitrogen and oxygen atoms in total. The predicted molar refractivity (Wildman–Crippen MR) is 184 cm³/mol. The quantitative estimate of drug-likeness (QED) is 0.168. The Labute approximate surface area is 282 Å². The van der Waals surface area contributed by atoms with Crippen LogP contribution < -0.4 is 0 Å². The molecule has 0 saturated carbocycles. The summed E-state index contributed by atoms with van der Waals surface area (Å²) in [7, 11) is 0. The second kappa shape index (κ2) is 13.2. The molecule has 227 valence electrons. The summed E-state index contributed by atoms with van der Waals surface area (Å²) in [4.78, 5) is 13.5. The van der Waals surface area contributed by atoms with Gasteiger partial charge in [-0.15, -0.1) is 53.6 Å². The summed E-state index contributed by atoms with van der Waals surface area (Å²) in [5, 5.41) is 4.52. The Kier molecular flexibility index (Phi) is 8.89. The summed E-state index contributed by atoms with van der Waals surface area (Å²) in [5.41, 5.74) is 12.0. The second-order valence-corrected chi connectivity index (χ2v) is 11.5. The van der Waals surface area contributed by atoms with Crippen molar-refractivity contribution in [3.63, 3.8) is 0 Å². The summed E-state index contributed by atoms with van der Waals surface area (Å²) >= 11 is 0. The number of hydrogen-bond acceptors (Lipinski definition) is 4. The van der Waals surface area contributed by atoms with Crippen LogP contribution >= 0.6 is 0 Å². The fourth-order valence-corrected chi connectivity index (χ4v) is 5.49. The van der Waals surface area contributed by atoms with Gasteiger partial charge >= 0.3 is 0 Å². The Morgan fingerprint density at radius 1 is 0.609 bits per heavy atom. The maximum absolute atomic E-state index is 6.15. The summed E-state index contributed by atoms with van der Waals surface area (Å²) in [6.07, 6.45) is 3.73. The van der Waals surface area contributed by atoms with E-state index < -0.39 is 0 Å². The average molecular weight is 774 g/mol. The monoisotopic (exact) mass is 774 g/mol. The van der Waals surface area contributed by atoms with Crippen LogP contribution in [0.4, 0.5) is 0 Å². The van der Waals surface area contributed by atoms with Crippen molar-refractivity contribution in [2.75, 3.05) is 0 Å². The van der Waals surface area contributed by atoms with Gasteiger partial charge in [0, 0.05) is 43.6 Å². The second-order valence-electron chi connectivity index (χ2n) is 11.5. The number of nitrogens with zero attached hydrogens (tertiary/aromatic N) is 3. The molecule has 5 heteroatoms. The molecule has 4 aromatic heterocycles. The van der Waals surface area contributed by atoms with Crippen molar-refractivity contribution in [2.24, 2.45) is 0 Å². The number of aromatic nitrogens is 3. The number of pyridine rings is 3. The normalized spacial score (nSPS) is 10.9. The van der Waals surface area contributed by atoms with E-state index in [9.17, 15) is 0 Å². The largest absolute Gasteiger partial charge is 0.486 e. The standard InChI is InChI=1S/C28H19N2O.C13H12N.Ir/c1-17-6-8-20-15-21(10-9-19(20)14-17)22-12-13-29-26(16-22)25-5-3-4-23-24-11-7-18(2)30-28(24)31-27(23)25;1-10-3-6-12(7-4-10)13-8-5-11(2)9-14-13;/h3-4,6-16H,1-2H3;3-6,8-9H,1-2H3;/q2*-1;. The first-order valence-corrected chi connectivity index (χ1v) is 15.0. The van der Waals surface area contributed by atoms with Crippen molar-refractivity contribution in [3.05, 3.63) is 150 Å². The van der Waals surface area contributed by atoms with Crippen molar-refractivity contribution in [1.82, 2.24) is 15.0 Å². The number of hydrogen-bond donors (Lipinski definition) is 0. The van der Waals surface area contributed by atoms with Gasteiger partial charge in [-0.05, 0) is 83.9 Å². The third kappa shape index (κ3) is 6.39. The van der Waals surface area contributed by atoms with E-state index in [1.807, 2.05) is 68.7 Å². The van der Waals surface area contributed by atoms with Crippen LogP contribution in [0, 0.1) is 39.8 Å². The number of rotatable bonds is 3. The van der Waals surface area contributed by atoms with Crippen molar-refractivity contribution in [1.29, 1.82) is 0 Å². The molecular weight excluding hydrogens is 743 g/mol. The van der Waals surface area contributed by atoms with Gasteiger partial charge in [-0.2, -0.15) is 0 Å². The molecule has 46 heavy (non-hydrogen) atoms. The Balaban J connectivity index is 0.000000209. The molecule has 0 fully saturated rings. The number of benzene rings is 4. The summed E-state index contributed by atoms with van der Waals surface area (Å²) in [5.74, 6) is 0. The van der Waals surface area contributed by atoms with Gasteiger partial charge in [0.05, 0.1) is 5.58 Å². The molecule has 0 atom stereocenters. The van der Waals surface area contributed by atoms with Gasteiger partial charge in [0.25, 0.3) is 0 Å². The SMILES string of the molecule is Cc1c[c-]c(-c2ccc(C)cn2)cc1.Cc1ccc2cc(-c3ccnc(-c4[c-]ccc5c4oc4nc(C)ccc45)c3)ccc2c1.[Ir]. The van der Waals surface area contributed by atoms with Gasteiger partial charge in [-0.3, -0.25) is 0 Å². The third-order valence-corrected chi connectivity index (χ3v) is 7.94. The van der Waals surface area contributed by atoms with E-state index >= 15 is 0 Å². The third-order valence-electron chi connectivity index (χ3n) is 7.94. The number of aryl methyl sites for hydroxylation is 4. The molecule has 0 aliphatic heterocycles. The maximum atomic E-state index is 6.15. The Hall–Kier alpha value is -4.96. The van der Waals surface area contributed by atoms with E-state index in [-0.39, 0.29) is 20.1 Å². The van der Waals surface area contributed by atoms with E-state index in [0.29, 0.717) is 5.71 Å². The van der Waals surface area contributed by atoms with Crippen LogP contribution in [0.1, 0.15) is 22.4 Å². The molecule has 4 heterocycles. The van der Waals surface area contributed by atoms with Crippen LogP contribution in [0.3, 0.4) is 0 Å². The zero-order valence-corrected chi connectivity index (χ0v) is 28.4. The van der Waals surface area contributed by atoms with Crippen molar-refractivity contribution >= 4 is 32.8 Å². The molecule has 0 unspecified atom stereocenters. The van der Waals surface area contributed by atoms with Crippen LogP contribution in [0.2, 0.25) is 0 Å². The molecule has 0 N–H and O–H groups in total. The van der Waals surface area contributed by atoms with Crippen molar-refractivity contribution < 1.29 is 24.5 Å².